The van der Waals surface area contributed by atoms with Crippen molar-refractivity contribution in [1.82, 2.24) is 15.1 Å². The lowest BCUT2D eigenvalue weighted by atomic mass is 9.79. The van der Waals surface area contributed by atoms with Crippen molar-refractivity contribution >= 4 is 0 Å². The molecule has 0 bridgehead atoms. The summed E-state index contributed by atoms with van der Waals surface area (Å²) >= 11 is 0. The maximum absolute atomic E-state index is 3.36. The Morgan fingerprint density at radius 3 is 2.64 bits per heavy atom. The Kier molecular flexibility index (Phi) is 2.08. The van der Waals surface area contributed by atoms with Crippen LogP contribution in [-0.2, 0) is 0 Å². The SMILES string of the molecule is CN1CC2(CCN(CC3CNC3)C2)C1. The molecule has 3 heterocycles. The zero-order valence-electron chi connectivity index (χ0n) is 9.13. The topological polar surface area (TPSA) is 18.5 Å². The first kappa shape index (κ1) is 9.13. The predicted octanol–water partition coefficient (Wildman–Crippen LogP) is -0.157. The van der Waals surface area contributed by atoms with Gasteiger partial charge in [0.1, 0.15) is 0 Å². The van der Waals surface area contributed by atoms with E-state index in [1.165, 1.54) is 52.2 Å². The van der Waals surface area contributed by atoms with Gasteiger partial charge in [-0.2, -0.15) is 0 Å². The molecule has 1 spiro atoms. The second-order valence-electron chi connectivity index (χ2n) is 5.68. The van der Waals surface area contributed by atoms with Crippen molar-refractivity contribution < 1.29 is 0 Å². The van der Waals surface area contributed by atoms with Crippen molar-refractivity contribution in [2.24, 2.45) is 11.3 Å². The molecule has 1 N–H and O–H groups in total. The molecule has 3 aliphatic heterocycles. The highest BCUT2D eigenvalue weighted by molar-refractivity contribution is 5.00. The molecule has 0 atom stereocenters. The van der Waals surface area contributed by atoms with Crippen molar-refractivity contribution in [1.29, 1.82) is 0 Å². The quantitative estimate of drug-likeness (QED) is 0.661. The summed E-state index contributed by atoms with van der Waals surface area (Å²) in [6.45, 7) is 9.25. The Morgan fingerprint density at radius 1 is 1.29 bits per heavy atom. The van der Waals surface area contributed by atoms with Crippen molar-refractivity contribution in [3.63, 3.8) is 0 Å². The molecule has 3 nitrogen and oxygen atoms in total. The van der Waals surface area contributed by atoms with Gasteiger partial charge in [-0.3, -0.25) is 0 Å². The van der Waals surface area contributed by atoms with Gasteiger partial charge >= 0.3 is 0 Å². The van der Waals surface area contributed by atoms with Gasteiger partial charge in [-0.05, 0) is 25.9 Å². The summed E-state index contributed by atoms with van der Waals surface area (Å²) < 4.78 is 0. The minimum absolute atomic E-state index is 0.700. The van der Waals surface area contributed by atoms with Crippen LogP contribution in [0.3, 0.4) is 0 Å². The van der Waals surface area contributed by atoms with E-state index in [0.29, 0.717) is 5.41 Å². The first-order valence-electron chi connectivity index (χ1n) is 5.87. The second-order valence-corrected chi connectivity index (χ2v) is 5.68. The fourth-order valence-corrected chi connectivity index (χ4v) is 3.38. The second kappa shape index (κ2) is 3.19. The van der Waals surface area contributed by atoms with Crippen LogP contribution in [0.15, 0.2) is 0 Å². The molecular weight excluding hydrogens is 174 g/mol. The fourth-order valence-electron chi connectivity index (χ4n) is 3.38. The van der Waals surface area contributed by atoms with Gasteiger partial charge in [-0.1, -0.05) is 0 Å². The molecule has 3 rings (SSSR count). The monoisotopic (exact) mass is 195 g/mol. The average molecular weight is 195 g/mol. The first-order chi connectivity index (χ1) is 6.76. The first-order valence-corrected chi connectivity index (χ1v) is 5.87. The lowest BCUT2D eigenvalue weighted by Crippen LogP contribution is -2.56. The molecule has 3 heteroatoms. The van der Waals surface area contributed by atoms with Gasteiger partial charge in [0.15, 0.2) is 0 Å². The van der Waals surface area contributed by atoms with E-state index in [1.54, 1.807) is 0 Å². The van der Waals surface area contributed by atoms with E-state index in [0.717, 1.165) is 5.92 Å². The summed E-state index contributed by atoms with van der Waals surface area (Å²) in [5, 5.41) is 3.36. The summed E-state index contributed by atoms with van der Waals surface area (Å²) in [5.41, 5.74) is 0.700. The molecule has 0 aromatic rings. The highest BCUT2D eigenvalue weighted by Crippen LogP contribution is 2.38. The van der Waals surface area contributed by atoms with E-state index < -0.39 is 0 Å². The van der Waals surface area contributed by atoms with E-state index in [1.807, 2.05) is 0 Å². The van der Waals surface area contributed by atoms with Crippen LogP contribution in [0.5, 0.6) is 0 Å². The van der Waals surface area contributed by atoms with Crippen LogP contribution in [0.4, 0.5) is 0 Å². The van der Waals surface area contributed by atoms with Crippen molar-refractivity contribution in [2.45, 2.75) is 6.42 Å². The predicted molar refractivity (Wildman–Crippen MR) is 57.3 cm³/mol. The lowest BCUT2D eigenvalue weighted by Gasteiger charge is -2.46. The minimum Gasteiger partial charge on any atom is -0.316 e. The van der Waals surface area contributed by atoms with Crippen molar-refractivity contribution in [3.8, 4) is 0 Å². The van der Waals surface area contributed by atoms with Gasteiger partial charge in [0.2, 0.25) is 0 Å². The van der Waals surface area contributed by atoms with Crippen LogP contribution in [0.2, 0.25) is 0 Å². The Labute approximate surface area is 86.4 Å². The Hall–Kier alpha value is -0.120. The zero-order valence-corrected chi connectivity index (χ0v) is 9.13. The highest BCUT2D eigenvalue weighted by Gasteiger charge is 2.46. The number of nitrogens with one attached hydrogen (secondary N) is 1. The van der Waals surface area contributed by atoms with Crippen LogP contribution in [0, 0.1) is 11.3 Å². The van der Waals surface area contributed by atoms with Crippen LogP contribution >= 0.6 is 0 Å². The standard InChI is InChI=1S/C11H21N3/c1-13-7-11(8-13)2-3-14(9-11)6-10-4-12-5-10/h10,12H,2-9H2,1H3. The van der Waals surface area contributed by atoms with E-state index in [9.17, 15) is 0 Å². The smallest absolute Gasteiger partial charge is 0.00966 e. The fraction of sp³-hybridized carbons (Fsp3) is 1.00. The minimum atomic E-state index is 0.700. The van der Waals surface area contributed by atoms with Gasteiger partial charge in [0.05, 0.1) is 0 Å². The van der Waals surface area contributed by atoms with Crippen LogP contribution in [0.1, 0.15) is 6.42 Å². The molecule has 0 amide bonds. The number of hydrogen-bond acceptors (Lipinski definition) is 3. The van der Waals surface area contributed by atoms with Crippen LogP contribution in [0.25, 0.3) is 0 Å². The third kappa shape index (κ3) is 1.47. The molecular formula is C11H21N3. The molecule has 0 aromatic carbocycles. The maximum atomic E-state index is 3.36. The van der Waals surface area contributed by atoms with E-state index in [2.05, 4.69) is 22.2 Å². The molecule has 3 aliphatic rings. The van der Waals surface area contributed by atoms with Gasteiger partial charge in [-0.25, -0.2) is 0 Å². The molecule has 0 unspecified atom stereocenters. The van der Waals surface area contributed by atoms with E-state index in [-0.39, 0.29) is 0 Å². The summed E-state index contributed by atoms with van der Waals surface area (Å²) in [7, 11) is 2.24. The molecule has 80 valence electrons. The maximum Gasteiger partial charge on any atom is 0.00966 e. The van der Waals surface area contributed by atoms with E-state index >= 15 is 0 Å². The number of likely N-dealkylation sites (tertiary alicyclic amines) is 2. The van der Waals surface area contributed by atoms with Crippen LogP contribution < -0.4 is 5.32 Å². The molecule has 14 heavy (non-hydrogen) atoms. The third-order valence-corrected chi connectivity index (χ3v) is 4.11. The van der Waals surface area contributed by atoms with Crippen LogP contribution in [-0.4, -0.2) is 62.7 Å². The molecule has 0 aromatic heterocycles. The highest BCUT2D eigenvalue weighted by atomic mass is 15.3. The molecule has 0 saturated carbocycles. The number of hydrogen-bond donors (Lipinski definition) is 1. The van der Waals surface area contributed by atoms with E-state index in [4.69, 9.17) is 0 Å². The summed E-state index contributed by atoms with van der Waals surface area (Å²) in [6, 6.07) is 0. The molecule has 3 saturated heterocycles. The third-order valence-electron chi connectivity index (χ3n) is 4.11. The number of nitrogens with zero attached hydrogens (tertiary/aromatic N) is 2. The average Bonchev–Trinajstić information content (AvgIpc) is 2.41. The van der Waals surface area contributed by atoms with Gasteiger partial charge in [0.25, 0.3) is 0 Å². The molecule has 3 fully saturated rings. The van der Waals surface area contributed by atoms with Crippen molar-refractivity contribution in [2.75, 3.05) is 52.9 Å². The lowest BCUT2D eigenvalue weighted by molar-refractivity contribution is 0.0286. The normalized spacial score (nSPS) is 33.2. The summed E-state index contributed by atoms with van der Waals surface area (Å²) in [6.07, 6.45) is 1.44. The largest absolute Gasteiger partial charge is 0.316 e. The Balaban J connectivity index is 1.49. The Bertz CT molecular complexity index is 219. The summed E-state index contributed by atoms with van der Waals surface area (Å²) in [5.74, 6) is 0.947. The Morgan fingerprint density at radius 2 is 2.07 bits per heavy atom. The zero-order chi connectivity index (χ0) is 9.60. The van der Waals surface area contributed by atoms with Gasteiger partial charge in [0, 0.05) is 44.7 Å². The summed E-state index contributed by atoms with van der Waals surface area (Å²) in [4.78, 5) is 5.15. The van der Waals surface area contributed by atoms with Crippen molar-refractivity contribution in [3.05, 3.63) is 0 Å². The van der Waals surface area contributed by atoms with Gasteiger partial charge in [-0.15, -0.1) is 0 Å². The number of rotatable bonds is 2. The van der Waals surface area contributed by atoms with Gasteiger partial charge < -0.3 is 15.1 Å². The molecule has 0 radical (unpaired) electrons. The molecule has 0 aliphatic carbocycles.